The van der Waals surface area contributed by atoms with Gasteiger partial charge in [-0.3, -0.25) is 9.78 Å². The number of nitrogens with one attached hydrogen (secondary N) is 1. The molecule has 5 heteroatoms. The first kappa shape index (κ1) is 14.4. The van der Waals surface area contributed by atoms with Gasteiger partial charge >= 0.3 is 0 Å². The summed E-state index contributed by atoms with van der Waals surface area (Å²) in [6.07, 6.45) is 4.40. The number of hydrogen-bond donors (Lipinski definition) is 1. The molecule has 0 aliphatic carbocycles. The van der Waals surface area contributed by atoms with Gasteiger partial charge in [-0.15, -0.1) is 0 Å². The van der Waals surface area contributed by atoms with E-state index in [1.54, 1.807) is 24.4 Å². The number of halogens is 2. The van der Waals surface area contributed by atoms with Crippen LogP contribution in [-0.4, -0.2) is 10.9 Å². The summed E-state index contributed by atoms with van der Waals surface area (Å²) in [6, 6.07) is 10.0. The van der Waals surface area contributed by atoms with Gasteiger partial charge in [0.05, 0.1) is 12.2 Å². The monoisotopic (exact) mass is 334 g/mol. The first-order valence-electron chi connectivity index (χ1n) is 5.96. The Morgan fingerprint density at radius 3 is 2.95 bits per heavy atom. The largest absolute Gasteiger partial charge is 0.347 e. The van der Waals surface area contributed by atoms with Crippen LogP contribution in [0.3, 0.4) is 0 Å². The minimum Gasteiger partial charge on any atom is -0.347 e. The van der Waals surface area contributed by atoms with Crippen LogP contribution in [0.5, 0.6) is 0 Å². The average Bonchev–Trinajstić information content (AvgIpc) is 2.47. The maximum atomic E-state index is 13.5. The van der Waals surface area contributed by atoms with Crippen LogP contribution in [-0.2, 0) is 11.3 Å². The summed E-state index contributed by atoms with van der Waals surface area (Å²) in [5, 5.41) is 2.68. The molecule has 0 aliphatic rings. The minimum absolute atomic E-state index is 0.296. The fourth-order valence-corrected chi connectivity index (χ4v) is 1.93. The summed E-state index contributed by atoms with van der Waals surface area (Å²) < 4.78 is 14.2. The smallest absolute Gasteiger partial charge is 0.244 e. The molecule has 20 heavy (non-hydrogen) atoms. The number of aromatic nitrogens is 1. The number of benzene rings is 1. The van der Waals surface area contributed by atoms with Crippen LogP contribution in [0.25, 0.3) is 6.08 Å². The van der Waals surface area contributed by atoms with Gasteiger partial charge in [-0.1, -0.05) is 22.0 Å². The van der Waals surface area contributed by atoms with Crippen molar-refractivity contribution >= 4 is 27.9 Å². The van der Waals surface area contributed by atoms with E-state index in [0.717, 1.165) is 10.2 Å². The average molecular weight is 335 g/mol. The summed E-state index contributed by atoms with van der Waals surface area (Å²) in [5.74, 6) is -0.669. The van der Waals surface area contributed by atoms with Crippen LogP contribution in [0.15, 0.2) is 53.1 Å². The SMILES string of the molecule is O=C(/C=C/c1cc(Br)ccc1F)NCc1ccccn1. The molecule has 2 rings (SSSR count). The van der Waals surface area contributed by atoms with Gasteiger partial charge in [-0.2, -0.15) is 0 Å². The standard InChI is InChI=1S/C15H12BrFN2O/c16-12-5-6-14(17)11(9-12)4-7-15(20)19-10-13-3-1-2-8-18-13/h1-9H,10H2,(H,19,20)/b7-4+. The van der Waals surface area contributed by atoms with Gasteiger partial charge in [0.2, 0.25) is 5.91 Å². The third kappa shape index (κ3) is 4.28. The molecule has 0 aliphatic heterocycles. The molecule has 0 atom stereocenters. The molecule has 1 amide bonds. The second-order valence-electron chi connectivity index (χ2n) is 4.04. The van der Waals surface area contributed by atoms with Crippen molar-refractivity contribution in [3.8, 4) is 0 Å². The van der Waals surface area contributed by atoms with E-state index in [1.807, 2.05) is 12.1 Å². The van der Waals surface area contributed by atoms with Crippen molar-refractivity contribution in [2.45, 2.75) is 6.54 Å². The molecular weight excluding hydrogens is 323 g/mol. The van der Waals surface area contributed by atoms with E-state index in [1.165, 1.54) is 18.2 Å². The van der Waals surface area contributed by atoms with E-state index < -0.39 is 0 Å². The Labute approximate surface area is 124 Å². The summed E-state index contributed by atoms with van der Waals surface area (Å²) in [4.78, 5) is 15.7. The van der Waals surface area contributed by atoms with Crippen LogP contribution in [0, 0.1) is 5.82 Å². The van der Waals surface area contributed by atoms with E-state index in [4.69, 9.17) is 0 Å². The Morgan fingerprint density at radius 2 is 2.20 bits per heavy atom. The minimum atomic E-state index is -0.373. The van der Waals surface area contributed by atoms with Crippen molar-refractivity contribution in [2.75, 3.05) is 0 Å². The lowest BCUT2D eigenvalue weighted by atomic mass is 10.2. The Bertz CT molecular complexity index is 629. The van der Waals surface area contributed by atoms with Crippen molar-refractivity contribution in [3.05, 3.63) is 70.2 Å². The molecule has 1 aromatic carbocycles. The normalized spacial score (nSPS) is 10.7. The summed E-state index contributed by atoms with van der Waals surface area (Å²) in [6.45, 7) is 0.338. The zero-order valence-corrected chi connectivity index (χ0v) is 12.1. The van der Waals surface area contributed by atoms with Gasteiger partial charge in [-0.05, 0) is 36.4 Å². The number of amides is 1. The van der Waals surface area contributed by atoms with E-state index in [2.05, 4.69) is 26.2 Å². The van der Waals surface area contributed by atoms with Crippen molar-refractivity contribution in [1.29, 1.82) is 0 Å². The molecule has 102 valence electrons. The lowest BCUT2D eigenvalue weighted by molar-refractivity contribution is -0.116. The van der Waals surface area contributed by atoms with E-state index in [-0.39, 0.29) is 11.7 Å². The first-order valence-corrected chi connectivity index (χ1v) is 6.75. The molecular formula is C15H12BrFN2O. The number of hydrogen-bond acceptors (Lipinski definition) is 2. The van der Waals surface area contributed by atoms with E-state index >= 15 is 0 Å². The number of carbonyl (C=O) groups excluding carboxylic acids is 1. The molecule has 1 heterocycles. The highest BCUT2D eigenvalue weighted by Crippen LogP contribution is 2.16. The second-order valence-corrected chi connectivity index (χ2v) is 4.95. The van der Waals surface area contributed by atoms with E-state index in [0.29, 0.717) is 12.1 Å². The fraction of sp³-hybridized carbons (Fsp3) is 0.0667. The number of rotatable bonds is 4. The lowest BCUT2D eigenvalue weighted by Gasteiger charge is -2.01. The predicted molar refractivity (Wildman–Crippen MR) is 79.2 cm³/mol. The Hall–Kier alpha value is -2.01. The topological polar surface area (TPSA) is 42.0 Å². The molecule has 2 aromatic rings. The molecule has 0 bridgehead atoms. The number of pyridine rings is 1. The highest BCUT2D eigenvalue weighted by atomic mass is 79.9. The molecule has 0 saturated heterocycles. The highest BCUT2D eigenvalue weighted by molar-refractivity contribution is 9.10. The Balaban J connectivity index is 1.94. The summed E-state index contributed by atoms with van der Waals surface area (Å²) in [5.41, 5.74) is 1.12. The fourth-order valence-electron chi connectivity index (χ4n) is 1.55. The van der Waals surface area contributed by atoms with Crippen molar-refractivity contribution < 1.29 is 9.18 Å². The van der Waals surface area contributed by atoms with E-state index in [9.17, 15) is 9.18 Å². The molecule has 0 fully saturated rings. The van der Waals surface area contributed by atoms with Gasteiger partial charge in [0.1, 0.15) is 5.82 Å². The Morgan fingerprint density at radius 1 is 1.35 bits per heavy atom. The van der Waals surface area contributed by atoms with Gasteiger partial charge < -0.3 is 5.32 Å². The molecule has 0 unspecified atom stereocenters. The first-order chi connectivity index (χ1) is 9.65. The number of nitrogens with zero attached hydrogens (tertiary/aromatic N) is 1. The molecule has 0 radical (unpaired) electrons. The molecule has 0 saturated carbocycles. The van der Waals surface area contributed by atoms with Crippen molar-refractivity contribution in [3.63, 3.8) is 0 Å². The van der Waals surface area contributed by atoms with Gasteiger partial charge in [0.15, 0.2) is 0 Å². The predicted octanol–water partition coefficient (Wildman–Crippen LogP) is 3.31. The zero-order chi connectivity index (χ0) is 14.4. The third-order valence-electron chi connectivity index (χ3n) is 2.54. The third-order valence-corrected chi connectivity index (χ3v) is 3.04. The van der Waals surface area contributed by atoms with Gasteiger partial charge in [-0.25, -0.2) is 4.39 Å². The summed E-state index contributed by atoms with van der Waals surface area (Å²) in [7, 11) is 0. The lowest BCUT2D eigenvalue weighted by Crippen LogP contribution is -2.20. The quantitative estimate of drug-likeness (QED) is 0.871. The summed E-state index contributed by atoms with van der Waals surface area (Å²) >= 11 is 3.26. The zero-order valence-electron chi connectivity index (χ0n) is 10.5. The van der Waals surface area contributed by atoms with Crippen LogP contribution in [0.1, 0.15) is 11.3 Å². The van der Waals surface area contributed by atoms with Crippen molar-refractivity contribution in [2.24, 2.45) is 0 Å². The maximum absolute atomic E-state index is 13.5. The molecule has 1 N–H and O–H groups in total. The maximum Gasteiger partial charge on any atom is 0.244 e. The molecule has 0 spiro atoms. The van der Waals surface area contributed by atoms with Crippen LogP contribution in [0.2, 0.25) is 0 Å². The second kappa shape index (κ2) is 6.96. The van der Waals surface area contributed by atoms with Crippen LogP contribution < -0.4 is 5.32 Å². The molecule has 1 aromatic heterocycles. The van der Waals surface area contributed by atoms with Crippen LogP contribution >= 0.6 is 15.9 Å². The Kier molecular flexibility index (Phi) is 5.01. The van der Waals surface area contributed by atoms with Crippen molar-refractivity contribution in [1.82, 2.24) is 10.3 Å². The van der Waals surface area contributed by atoms with Crippen LogP contribution in [0.4, 0.5) is 4.39 Å². The highest BCUT2D eigenvalue weighted by Gasteiger charge is 2.01. The van der Waals surface area contributed by atoms with Gasteiger partial charge in [0.25, 0.3) is 0 Å². The van der Waals surface area contributed by atoms with Gasteiger partial charge in [0, 0.05) is 22.3 Å². The molecule has 3 nitrogen and oxygen atoms in total. The number of carbonyl (C=O) groups is 1.